The molecule has 0 atom stereocenters. The molecular weight excluding hydrogens is 386 g/mol. The number of anilines is 1. The summed E-state index contributed by atoms with van der Waals surface area (Å²) in [6.45, 7) is 2.23. The number of aromatic nitrogens is 3. The molecule has 2 aromatic heterocycles. The SMILES string of the molecule is CS(C)(=O)(O)N1CCN(c2cc(-c3nc4ccccc4[nH]3)c(Cl)cn2)CC1. The van der Waals surface area contributed by atoms with Crippen molar-refractivity contribution in [2.75, 3.05) is 43.6 Å². The molecule has 4 rings (SSSR count). The first kappa shape index (κ1) is 18.4. The Labute approximate surface area is 162 Å². The van der Waals surface area contributed by atoms with E-state index in [-0.39, 0.29) is 0 Å². The number of hydrogen-bond donors (Lipinski definition) is 2. The Morgan fingerprint density at radius 3 is 2.56 bits per heavy atom. The molecule has 1 saturated heterocycles. The number of H-pyrrole nitrogens is 1. The molecule has 1 aliphatic rings. The maximum atomic E-state index is 12.4. The van der Waals surface area contributed by atoms with E-state index in [0.717, 1.165) is 22.4 Å². The van der Waals surface area contributed by atoms with Crippen molar-refractivity contribution in [2.45, 2.75) is 0 Å². The number of imidazole rings is 1. The monoisotopic (exact) mass is 407 g/mol. The summed E-state index contributed by atoms with van der Waals surface area (Å²) < 4.78 is 24.2. The Bertz CT molecular complexity index is 1020. The van der Waals surface area contributed by atoms with Gasteiger partial charge in [-0.3, -0.25) is 4.55 Å². The summed E-state index contributed by atoms with van der Waals surface area (Å²) in [6.07, 6.45) is 4.42. The van der Waals surface area contributed by atoms with Crippen LogP contribution in [0.2, 0.25) is 5.02 Å². The van der Waals surface area contributed by atoms with Gasteiger partial charge in [-0.05, 0) is 18.2 Å². The number of pyridine rings is 1. The molecule has 27 heavy (non-hydrogen) atoms. The van der Waals surface area contributed by atoms with E-state index in [4.69, 9.17) is 11.6 Å². The molecule has 7 nitrogen and oxygen atoms in total. The van der Waals surface area contributed by atoms with Crippen LogP contribution in [0.1, 0.15) is 0 Å². The largest absolute Gasteiger partial charge is 0.354 e. The summed E-state index contributed by atoms with van der Waals surface area (Å²) in [5.74, 6) is 1.48. The highest BCUT2D eigenvalue weighted by Crippen LogP contribution is 2.31. The lowest BCUT2D eigenvalue weighted by molar-refractivity contribution is 0.346. The molecule has 9 heteroatoms. The predicted octanol–water partition coefficient (Wildman–Crippen LogP) is 2.87. The standard InChI is InChI=1S/C18H22ClN5O2S/c1-27(2,25,26)24-9-7-23(8-10-24)17-11-13(14(19)12-20-17)18-21-15-5-3-4-6-16(15)22-18/h3-6,11-12H,7-10H2,1-2H3,(H,21,22)(H,25,26). The Balaban J connectivity index is 1.61. The summed E-state index contributed by atoms with van der Waals surface area (Å²) in [5, 5.41) is 0.525. The highest BCUT2D eigenvalue weighted by Gasteiger charge is 2.29. The van der Waals surface area contributed by atoms with Gasteiger partial charge in [0.2, 0.25) is 0 Å². The molecule has 0 saturated carbocycles. The average Bonchev–Trinajstić information content (AvgIpc) is 3.05. The van der Waals surface area contributed by atoms with Crippen LogP contribution >= 0.6 is 11.6 Å². The molecule has 3 heterocycles. The van der Waals surface area contributed by atoms with Crippen molar-refractivity contribution < 1.29 is 8.76 Å². The lowest BCUT2D eigenvalue weighted by atomic mass is 10.2. The van der Waals surface area contributed by atoms with Crippen LogP contribution in [0.15, 0.2) is 36.5 Å². The van der Waals surface area contributed by atoms with E-state index >= 15 is 0 Å². The lowest BCUT2D eigenvalue weighted by Crippen LogP contribution is -2.57. The number of fused-ring (bicyclic) bond motifs is 1. The second-order valence-electron chi connectivity index (χ2n) is 7.24. The minimum absolute atomic E-state index is 0.499. The molecule has 0 radical (unpaired) electrons. The molecule has 144 valence electrons. The first-order valence-electron chi connectivity index (χ1n) is 8.65. The van der Waals surface area contributed by atoms with Gasteiger partial charge in [0.15, 0.2) is 0 Å². The zero-order valence-corrected chi connectivity index (χ0v) is 16.8. The van der Waals surface area contributed by atoms with Crippen molar-refractivity contribution in [1.29, 1.82) is 0 Å². The van der Waals surface area contributed by atoms with Gasteiger partial charge in [-0.15, -0.1) is 9.53 Å². The van der Waals surface area contributed by atoms with Gasteiger partial charge < -0.3 is 9.88 Å². The van der Waals surface area contributed by atoms with Gasteiger partial charge in [-0.25, -0.2) is 14.3 Å². The number of hydrogen-bond acceptors (Lipinski definition) is 4. The summed E-state index contributed by atoms with van der Waals surface area (Å²) in [7, 11) is -3.69. The molecule has 0 aliphatic carbocycles. The number of aromatic amines is 1. The van der Waals surface area contributed by atoms with Crippen LogP contribution in [0.3, 0.4) is 0 Å². The third-order valence-electron chi connectivity index (χ3n) is 4.79. The molecule has 1 aromatic carbocycles. The Kier molecular flexibility index (Phi) is 4.27. The number of rotatable bonds is 3. The van der Waals surface area contributed by atoms with Crippen LogP contribution in [0.4, 0.5) is 5.82 Å². The van der Waals surface area contributed by atoms with Crippen LogP contribution in [0, 0.1) is 0 Å². The van der Waals surface area contributed by atoms with Gasteiger partial charge >= 0.3 is 0 Å². The molecule has 1 fully saturated rings. The maximum absolute atomic E-state index is 12.4. The number of para-hydroxylation sites is 2. The Hall–Kier alpha value is -2.00. The second-order valence-corrected chi connectivity index (χ2v) is 11.6. The molecule has 1 aliphatic heterocycles. The molecule has 0 spiro atoms. The summed E-state index contributed by atoms with van der Waals surface area (Å²) in [6, 6.07) is 9.74. The van der Waals surface area contributed by atoms with Crippen LogP contribution < -0.4 is 4.90 Å². The molecule has 0 amide bonds. The fourth-order valence-corrected chi connectivity index (χ4v) is 4.70. The third kappa shape index (κ3) is 3.70. The van der Waals surface area contributed by atoms with Gasteiger partial charge in [-0.2, -0.15) is 4.21 Å². The van der Waals surface area contributed by atoms with E-state index in [2.05, 4.69) is 19.9 Å². The van der Waals surface area contributed by atoms with Gasteiger partial charge in [0.05, 0.1) is 16.1 Å². The van der Waals surface area contributed by atoms with E-state index in [1.165, 1.54) is 12.5 Å². The van der Waals surface area contributed by atoms with Crippen molar-refractivity contribution in [3.05, 3.63) is 41.6 Å². The summed E-state index contributed by atoms with van der Waals surface area (Å²) in [4.78, 5) is 14.5. The van der Waals surface area contributed by atoms with Crippen LogP contribution in [-0.2, 0) is 9.53 Å². The van der Waals surface area contributed by atoms with E-state index in [1.54, 1.807) is 10.5 Å². The van der Waals surface area contributed by atoms with Gasteiger partial charge in [0.1, 0.15) is 11.6 Å². The highest BCUT2D eigenvalue weighted by molar-refractivity contribution is 8.11. The Morgan fingerprint density at radius 2 is 1.89 bits per heavy atom. The normalized spacial score (nSPS) is 17.8. The quantitative estimate of drug-likeness (QED) is 0.697. The van der Waals surface area contributed by atoms with Crippen LogP contribution in [-0.4, -0.2) is 66.7 Å². The van der Waals surface area contributed by atoms with Gasteiger partial charge in [0.25, 0.3) is 0 Å². The van der Waals surface area contributed by atoms with Gasteiger partial charge in [0, 0.05) is 50.5 Å². The second kappa shape index (κ2) is 6.27. The fraction of sp³-hybridized carbons (Fsp3) is 0.333. The van der Waals surface area contributed by atoms with Crippen LogP contribution in [0.25, 0.3) is 22.4 Å². The molecule has 0 unspecified atom stereocenters. The van der Waals surface area contributed by atoms with Crippen molar-refractivity contribution in [1.82, 2.24) is 19.3 Å². The number of halogens is 1. The molecule has 3 aromatic rings. The highest BCUT2D eigenvalue weighted by atomic mass is 35.5. The molecule has 0 bridgehead atoms. The third-order valence-corrected chi connectivity index (χ3v) is 6.93. The fourth-order valence-electron chi connectivity index (χ4n) is 3.30. The zero-order chi connectivity index (χ0) is 19.3. The zero-order valence-electron chi connectivity index (χ0n) is 15.2. The topological polar surface area (TPSA) is 85.4 Å². The molecular formula is C18H22ClN5O2S. The van der Waals surface area contributed by atoms with Crippen LogP contribution in [0.5, 0.6) is 0 Å². The smallest absolute Gasteiger partial charge is 0.140 e. The minimum Gasteiger partial charge on any atom is -0.354 e. The van der Waals surface area contributed by atoms with Crippen molar-refractivity contribution >= 4 is 38.0 Å². The van der Waals surface area contributed by atoms with E-state index in [1.807, 2.05) is 30.3 Å². The van der Waals surface area contributed by atoms with E-state index < -0.39 is 9.53 Å². The molecule has 2 N–H and O–H groups in total. The number of nitrogens with zero attached hydrogens (tertiary/aromatic N) is 4. The van der Waals surface area contributed by atoms with Crippen molar-refractivity contribution in [3.8, 4) is 11.4 Å². The number of nitrogens with one attached hydrogen (secondary N) is 1. The van der Waals surface area contributed by atoms with Gasteiger partial charge in [-0.1, -0.05) is 23.7 Å². The van der Waals surface area contributed by atoms with Crippen molar-refractivity contribution in [3.63, 3.8) is 0 Å². The first-order valence-corrected chi connectivity index (χ1v) is 11.7. The van der Waals surface area contributed by atoms with E-state index in [0.29, 0.717) is 37.0 Å². The average molecular weight is 408 g/mol. The summed E-state index contributed by atoms with van der Waals surface area (Å²) in [5.41, 5.74) is 2.62. The maximum Gasteiger partial charge on any atom is 0.140 e. The lowest BCUT2D eigenvalue weighted by Gasteiger charge is -2.49. The summed E-state index contributed by atoms with van der Waals surface area (Å²) >= 11 is 6.38. The first-order chi connectivity index (χ1) is 12.7. The Morgan fingerprint density at radius 1 is 1.19 bits per heavy atom. The number of piperazine rings is 1. The predicted molar refractivity (Wildman–Crippen MR) is 111 cm³/mol. The number of benzene rings is 1. The van der Waals surface area contributed by atoms with E-state index in [9.17, 15) is 8.76 Å². The minimum atomic E-state index is -3.69. The van der Waals surface area contributed by atoms with Crippen molar-refractivity contribution in [2.24, 2.45) is 0 Å².